The number of rotatable bonds is 3. The van der Waals surface area contributed by atoms with E-state index in [2.05, 4.69) is 4.99 Å². The second-order valence-electron chi connectivity index (χ2n) is 2.69. The molecular formula is C9H13N3O. The molecule has 4 nitrogen and oxygen atoms in total. The summed E-state index contributed by atoms with van der Waals surface area (Å²) in [6.45, 7) is 0.201. The maximum atomic E-state index is 9.55. The Kier molecular flexibility index (Phi) is 3.28. The SMILES string of the molecule is N[11C](N)=NC[C@H](O)c1ccccc1. The Hall–Kier alpha value is -1.55. The van der Waals surface area contributed by atoms with Crippen molar-refractivity contribution in [3.63, 3.8) is 0 Å². The van der Waals surface area contributed by atoms with Crippen LogP contribution in [0.5, 0.6) is 0 Å². The largest absolute Gasteiger partial charge is 0.386 e. The Morgan fingerprint density at radius 2 is 1.92 bits per heavy atom. The van der Waals surface area contributed by atoms with Gasteiger partial charge in [0.2, 0.25) is 0 Å². The topological polar surface area (TPSA) is 84.6 Å². The minimum atomic E-state index is -0.636. The summed E-state index contributed by atoms with van der Waals surface area (Å²) in [5, 5.41) is 9.55. The lowest BCUT2D eigenvalue weighted by Crippen LogP contribution is -2.23. The van der Waals surface area contributed by atoms with Gasteiger partial charge in [0.05, 0.1) is 12.6 Å². The lowest BCUT2D eigenvalue weighted by atomic mass is 10.1. The molecule has 0 aliphatic rings. The number of aliphatic hydroxyl groups is 1. The summed E-state index contributed by atoms with van der Waals surface area (Å²) in [6, 6.07) is 9.25. The maximum Gasteiger partial charge on any atom is 0.186 e. The molecule has 5 N–H and O–H groups in total. The Bertz CT molecular complexity index is 280. The fourth-order valence-electron chi connectivity index (χ4n) is 0.972. The van der Waals surface area contributed by atoms with Gasteiger partial charge in [-0.1, -0.05) is 30.3 Å². The molecule has 1 aromatic carbocycles. The van der Waals surface area contributed by atoms with Gasteiger partial charge < -0.3 is 16.6 Å². The number of nitrogens with two attached hydrogens (primary N) is 2. The van der Waals surface area contributed by atoms with E-state index in [9.17, 15) is 5.11 Å². The zero-order chi connectivity index (χ0) is 9.68. The molecule has 0 amide bonds. The Morgan fingerprint density at radius 1 is 1.31 bits per heavy atom. The van der Waals surface area contributed by atoms with E-state index in [1.54, 1.807) is 0 Å². The molecule has 4 heteroatoms. The summed E-state index contributed by atoms with van der Waals surface area (Å²) in [6.07, 6.45) is -0.636. The van der Waals surface area contributed by atoms with E-state index in [1.165, 1.54) is 0 Å². The van der Waals surface area contributed by atoms with E-state index >= 15 is 0 Å². The molecule has 0 aliphatic heterocycles. The van der Waals surface area contributed by atoms with Gasteiger partial charge in [-0.2, -0.15) is 0 Å². The van der Waals surface area contributed by atoms with Crippen LogP contribution < -0.4 is 11.5 Å². The average Bonchev–Trinajstić information content (AvgIpc) is 2.15. The number of nitrogens with zero attached hydrogens (tertiary/aromatic N) is 1. The molecule has 1 rings (SSSR count). The van der Waals surface area contributed by atoms with Gasteiger partial charge in [0.1, 0.15) is 0 Å². The maximum absolute atomic E-state index is 9.55. The molecule has 0 saturated heterocycles. The zero-order valence-corrected chi connectivity index (χ0v) is 7.22. The van der Waals surface area contributed by atoms with Crippen molar-refractivity contribution in [2.24, 2.45) is 16.5 Å². The smallest absolute Gasteiger partial charge is 0.186 e. The predicted octanol–water partition coefficient (Wildman–Crippen LogP) is -0.00660. The average molecular weight is 178 g/mol. The second-order valence-corrected chi connectivity index (χ2v) is 2.69. The first-order valence-corrected chi connectivity index (χ1v) is 3.98. The van der Waals surface area contributed by atoms with Crippen molar-refractivity contribution >= 4 is 5.96 Å². The van der Waals surface area contributed by atoms with Crippen molar-refractivity contribution in [1.82, 2.24) is 0 Å². The van der Waals surface area contributed by atoms with Crippen molar-refractivity contribution in [2.75, 3.05) is 6.54 Å². The molecule has 13 heavy (non-hydrogen) atoms. The quantitative estimate of drug-likeness (QED) is 0.449. The monoisotopic (exact) mass is 178 g/mol. The summed E-state index contributed by atoms with van der Waals surface area (Å²) in [4.78, 5) is 3.72. The van der Waals surface area contributed by atoms with E-state index < -0.39 is 6.10 Å². The molecular weight excluding hydrogens is 165 g/mol. The number of hydrogen-bond acceptors (Lipinski definition) is 2. The minimum Gasteiger partial charge on any atom is -0.386 e. The van der Waals surface area contributed by atoms with Gasteiger partial charge in [0, 0.05) is 0 Å². The highest BCUT2D eigenvalue weighted by Gasteiger charge is 2.04. The van der Waals surface area contributed by atoms with Crippen molar-refractivity contribution in [3.8, 4) is 0 Å². The van der Waals surface area contributed by atoms with Crippen molar-refractivity contribution in [1.29, 1.82) is 0 Å². The standard InChI is InChI=1S/C9H13N3O/c10-9(11)12-6-8(13)7-4-2-1-3-5-7/h1-5,8,13H,6H2,(H4,10,11,12)/t8-/m0/s1/i9-1. The van der Waals surface area contributed by atoms with E-state index in [4.69, 9.17) is 11.5 Å². The molecule has 0 aliphatic carbocycles. The third-order valence-corrected chi connectivity index (χ3v) is 1.63. The van der Waals surface area contributed by atoms with Crippen LogP contribution in [0, 0.1) is 0 Å². The first kappa shape index (κ1) is 9.54. The van der Waals surface area contributed by atoms with E-state index in [-0.39, 0.29) is 12.5 Å². The van der Waals surface area contributed by atoms with Crippen LogP contribution in [-0.4, -0.2) is 17.6 Å². The Balaban J connectivity index is 2.59. The van der Waals surface area contributed by atoms with Crippen LogP contribution in [0.2, 0.25) is 0 Å². The Labute approximate surface area is 76.9 Å². The normalized spacial score (nSPS) is 12.1. The van der Waals surface area contributed by atoms with Gasteiger partial charge >= 0.3 is 0 Å². The van der Waals surface area contributed by atoms with Crippen LogP contribution in [-0.2, 0) is 0 Å². The van der Waals surface area contributed by atoms with Crippen LogP contribution in [0.4, 0.5) is 0 Å². The first-order chi connectivity index (χ1) is 6.20. The van der Waals surface area contributed by atoms with E-state index in [1.807, 2.05) is 30.3 Å². The van der Waals surface area contributed by atoms with Gasteiger partial charge in [0.15, 0.2) is 5.96 Å². The highest BCUT2D eigenvalue weighted by molar-refractivity contribution is 5.75. The summed E-state index contributed by atoms with van der Waals surface area (Å²) in [7, 11) is 0. The summed E-state index contributed by atoms with van der Waals surface area (Å²) < 4.78 is 0. The zero-order valence-electron chi connectivity index (χ0n) is 7.22. The summed E-state index contributed by atoms with van der Waals surface area (Å²) in [5.41, 5.74) is 11.1. The number of hydrogen-bond donors (Lipinski definition) is 3. The molecule has 0 aromatic heterocycles. The Morgan fingerprint density at radius 3 is 2.46 bits per heavy atom. The molecule has 0 saturated carbocycles. The third-order valence-electron chi connectivity index (χ3n) is 1.63. The lowest BCUT2D eigenvalue weighted by Gasteiger charge is -2.07. The minimum absolute atomic E-state index is 0.00465. The molecule has 1 aromatic rings. The van der Waals surface area contributed by atoms with Crippen LogP contribution in [0.3, 0.4) is 0 Å². The van der Waals surface area contributed by atoms with Crippen LogP contribution in [0.15, 0.2) is 35.3 Å². The van der Waals surface area contributed by atoms with E-state index in [0.29, 0.717) is 0 Å². The lowest BCUT2D eigenvalue weighted by molar-refractivity contribution is 0.187. The summed E-state index contributed by atoms with van der Waals surface area (Å²) in [5.74, 6) is -0.00465. The van der Waals surface area contributed by atoms with E-state index in [0.717, 1.165) is 5.56 Å². The molecule has 0 fully saturated rings. The molecule has 0 spiro atoms. The van der Waals surface area contributed by atoms with Crippen molar-refractivity contribution in [3.05, 3.63) is 35.9 Å². The van der Waals surface area contributed by atoms with Gasteiger partial charge in [0.25, 0.3) is 0 Å². The molecule has 0 unspecified atom stereocenters. The van der Waals surface area contributed by atoms with Gasteiger partial charge in [-0.3, -0.25) is 4.99 Å². The number of benzene rings is 1. The highest BCUT2D eigenvalue weighted by Crippen LogP contribution is 2.11. The number of aliphatic imine (C=N–C) groups is 1. The molecule has 0 heterocycles. The predicted molar refractivity (Wildman–Crippen MR) is 52.1 cm³/mol. The van der Waals surface area contributed by atoms with Crippen molar-refractivity contribution < 1.29 is 5.11 Å². The fraction of sp³-hybridized carbons (Fsp3) is 0.222. The molecule has 1 atom stereocenters. The van der Waals surface area contributed by atoms with Gasteiger partial charge in [-0.15, -0.1) is 0 Å². The third kappa shape index (κ3) is 3.13. The number of guanidine groups is 1. The van der Waals surface area contributed by atoms with Gasteiger partial charge in [-0.25, -0.2) is 0 Å². The van der Waals surface area contributed by atoms with Crippen molar-refractivity contribution in [2.45, 2.75) is 6.10 Å². The fourth-order valence-corrected chi connectivity index (χ4v) is 0.972. The number of aliphatic hydroxyl groups excluding tert-OH is 1. The second kappa shape index (κ2) is 4.47. The van der Waals surface area contributed by atoms with Crippen LogP contribution >= 0.6 is 0 Å². The van der Waals surface area contributed by atoms with Crippen LogP contribution in [0.25, 0.3) is 0 Å². The highest BCUT2D eigenvalue weighted by atomic mass is 16.3. The first-order valence-electron chi connectivity index (χ1n) is 3.98. The molecule has 70 valence electrons. The molecule has 0 radical (unpaired) electrons. The van der Waals surface area contributed by atoms with Gasteiger partial charge in [-0.05, 0) is 5.56 Å². The van der Waals surface area contributed by atoms with Crippen LogP contribution in [0.1, 0.15) is 11.7 Å². The molecule has 0 bridgehead atoms. The summed E-state index contributed by atoms with van der Waals surface area (Å²) >= 11 is 0.